The normalized spacial score (nSPS) is 16.7. The van der Waals surface area contributed by atoms with Gasteiger partial charge in [0.2, 0.25) is 11.8 Å². The maximum absolute atomic E-state index is 14.9. The fourth-order valence-electron chi connectivity index (χ4n) is 4.15. The van der Waals surface area contributed by atoms with Gasteiger partial charge in [-0.2, -0.15) is 0 Å². The zero-order valence-electron chi connectivity index (χ0n) is 20.5. The van der Waals surface area contributed by atoms with E-state index in [2.05, 4.69) is 10.6 Å². The van der Waals surface area contributed by atoms with Crippen LogP contribution >= 0.6 is 11.6 Å². The van der Waals surface area contributed by atoms with Crippen LogP contribution in [0.4, 0.5) is 20.6 Å². The Morgan fingerprint density at radius 1 is 1.00 bits per heavy atom. The SMILES string of the molecule is CCCOC(=O)N1C[C@H](C(=O)Nc2ccc(Cl)cc2)[C@@H](C(=O)Nc2ccc(-n3ccccc3=O)cc2F)C1. The number of ether oxygens (including phenoxy) is 1. The molecule has 9 nitrogen and oxygen atoms in total. The van der Waals surface area contributed by atoms with Crippen molar-refractivity contribution in [3.63, 3.8) is 0 Å². The molecule has 4 rings (SSSR count). The second-order valence-corrected chi connectivity index (χ2v) is 9.23. The molecule has 0 aliphatic carbocycles. The molecule has 0 unspecified atom stereocenters. The molecule has 11 heteroatoms. The van der Waals surface area contributed by atoms with Crippen LogP contribution in [-0.2, 0) is 14.3 Å². The van der Waals surface area contributed by atoms with Gasteiger partial charge in [-0.1, -0.05) is 24.6 Å². The second-order valence-electron chi connectivity index (χ2n) is 8.79. The molecular weight excluding hydrogens is 515 g/mol. The van der Waals surface area contributed by atoms with Crippen LogP contribution in [0.1, 0.15) is 13.3 Å². The molecule has 0 spiro atoms. The molecule has 1 aromatic heterocycles. The van der Waals surface area contributed by atoms with E-state index < -0.39 is 35.6 Å². The number of carbonyl (C=O) groups is 3. The zero-order valence-corrected chi connectivity index (χ0v) is 21.3. The lowest BCUT2D eigenvalue weighted by Gasteiger charge is -2.18. The summed E-state index contributed by atoms with van der Waals surface area (Å²) >= 11 is 5.91. The minimum atomic E-state index is -0.965. The lowest BCUT2D eigenvalue weighted by Crippen LogP contribution is -2.35. The number of pyridine rings is 1. The number of halogens is 2. The van der Waals surface area contributed by atoms with Crippen LogP contribution in [0.3, 0.4) is 0 Å². The van der Waals surface area contributed by atoms with E-state index in [0.717, 1.165) is 6.07 Å². The number of anilines is 2. The van der Waals surface area contributed by atoms with Gasteiger partial charge in [-0.15, -0.1) is 0 Å². The lowest BCUT2D eigenvalue weighted by molar-refractivity contribution is -0.127. The van der Waals surface area contributed by atoms with Gasteiger partial charge in [-0.05, 0) is 48.9 Å². The first kappa shape index (κ1) is 26.9. The third kappa shape index (κ3) is 6.20. The minimum absolute atomic E-state index is 0.0433. The predicted octanol–water partition coefficient (Wildman–Crippen LogP) is 4.30. The van der Waals surface area contributed by atoms with Crippen molar-refractivity contribution >= 4 is 40.9 Å². The van der Waals surface area contributed by atoms with Crippen molar-refractivity contribution < 1.29 is 23.5 Å². The Labute approximate surface area is 223 Å². The molecule has 2 heterocycles. The second kappa shape index (κ2) is 11.9. The fourth-order valence-corrected chi connectivity index (χ4v) is 4.28. The Kier molecular flexibility index (Phi) is 8.42. The third-order valence-corrected chi connectivity index (χ3v) is 6.36. The monoisotopic (exact) mass is 540 g/mol. The van der Waals surface area contributed by atoms with E-state index >= 15 is 0 Å². The van der Waals surface area contributed by atoms with Gasteiger partial charge in [0, 0.05) is 42.1 Å². The summed E-state index contributed by atoms with van der Waals surface area (Å²) in [6.07, 6.45) is 1.49. The topological polar surface area (TPSA) is 110 Å². The summed E-state index contributed by atoms with van der Waals surface area (Å²) in [5, 5.41) is 5.77. The first-order valence-corrected chi connectivity index (χ1v) is 12.4. The molecule has 1 aliphatic rings. The van der Waals surface area contributed by atoms with Crippen molar-refractivity contribution in [1.29, 1.82) is 0 Å². The molecule has 3 aromatic rings. The van der Waals surface area contributed by atoms with Crippen molar-refractivity contribution in [2.45, 2.75) is 13.3 Å². The Morgan fingerprint density at radius 3 is 2.32 bits per heavy atom. The number of nitrogens with one attached hydrogen (secondary N) is 2. The van der Waals surface area contributed by atoms with E-state index in [-0.39, 0.29) is 36.6 Å². The summed E-state index contributed by atoms with van der Waals surface area (Å²) in [6.45, 7) is 1.93. The Morgan fingerprint density at radius 2 is 1.68 bits per heavy atom. The van der Waals surface area contributed by atoms with Gasteiger partial charge in [-0.25, -0.2) is 9.18 Å². The number of likely N-dealkylation sites (tertiary alicyclic amines) is 1. The molecule has 2 N–H and O–H groups in total. The van der Waals surface area contributed by atoms with E-state index in [0.29, 0.717) is 17.1 Å². The summed E-state index contributed by atoms with van der Waals surface area (Å²) in [6, 6.07) is 15.0. The van der Waals surface area contributed by atoms with E-state index in [1.807, 2.05) is 6.92 Å². The molecule has 0 bridgehead atoms. The van der Waals surface area contributed by atoms with Gasteiger partial charge in [0.25, 0.3) is 5.56 Å². The van der Waals surface area contributed by atoms with Crippen LogP contribution in [0.5, 0.6) is 0 Å². The number of aromatic nitrogens is 1. The van der Waals surface area contributed by atoms with Gasteiger partial charge >= 0.3 is 6.09 Å². The molecule has 2 aromatic carbocycles. The highest BCUT2D eigenvalue weighted by Gasteiger charge is 2.44. The van der Waals surface area contributed by atoms with Crippen LogP contribution in [0.15, 0.2) is 71.7 Å². The Hall–Kier alpha value is -4.18. The highest BCUT2D eigenvalue weighted by molar-refractivity contribution is 6.30. The van der Waals surface area contributed by atoms with E-state index in [1.54, 1.807) is 36.4 Å². The van der Waals surface area contributed by atoms with Crippen LogP contribution in [0.25, 0.3) is 5.69 Å². The van der Waals surface area contributed by atoms with E-state index in [1.165, 1.54) is 33.9 Å². The van der Waals surface area contributed by atoms with Crippen LogP contribution < -0.4 is 16.2 Å². The Balaban J connectivity index is 1.53. The van der Waals surface area contributed by atoms with Gasteiger partial charge in [-0.3, -0.25) is 19.0 Å². The summed E-state index contributed by atoms with van der Waals surface area (Å²) < 4.78 is 21.4. The largest absolute Gasteiger partial charge is 0.449 e. The molecule has 0 saturated carbocycles. The van der Waals surface area contributed by atoms with Crippen molar-refractivity contribution in [1.82, 2.24) is 9.47 Å². The average Bonchev–Trinajstić information content (AvgIpc) is 3.36. The van der Waals surface area contributed by atoms with Crippen molar-refractivity contribution in [2.24, 2.45) is 11.8 Å². The van der Waals surface area contributed by atoms with Crippen molar-refractivity contribution in [2.75, 3.05) is 30.3 Å². The maximum atomic E-state index is 14.9. The molecule has 0 radical (unpaired) electrons. The summed E-state index contributed by atoms with van der Waals surface area (Å²) in [5.41, 5.74) is 0.311. The zero-order chi connectivity index (χ0) is 27.2. The summed E-state index contributed by atoms with van der Waals surface area (Å²) in [5.74, 6) is -3.74. The van der Waals surface area contributed by atoms with Crippen LogP contribution in [0, 0.1) is 17.7 Å². The quantitative estimate of drug-likeness (QED) is 0.464. The van der Waals surface area contributed by atoms with E-state index in [9.17, 15) is 23.6 Å². The number of rotatable bonds is 7. The number of hydrogen-bond acceptors (Lipinski definition) is 5. The van der Waals surface area contributed by atoms with Gasteiger partial charge < -0.3 is 20.3 Å². The number of hydrogen-bond donors (Lipinski definition) is 2. The standard InChI is InChI=1S/C27H26ClFN4O5/c1-2-13-38-27(37)32-15-20(25(35)30-18-8-6-17(28)7-9-18)21(16-32)26(36)31-23-11-10-19(14-22(23)29)33-12-4-3-5-24(33)34/h3-12,14,20-21H,2,13,15-16H2,1H3,(H,30,35)(H,31,36)/t20-,21-/m0/s1. The van der Waals surface area contributed by atoms with Crippen LogP contribution in [-0.4, -0.2) is 47.1 Å². The number of nitrogens with zero attached hydrogens (tertiary/aromatic N) is 2. The van der Waals surface area contributed by atoms with E-state index in [4.69, 9.17) is 16.3 Å². The molecule has 1 aliphatic heterocycles. The molecule has 38 heavy (non-hydrogen) atoms. The highest BCUT2D eigenvalue weighted by Crippen LogP contribution is 2.28. The predicted molar refractivity (Wildman–Crippen MR) is 141 cm³/mol. The average molecular weight is 541 g/mol. The Bertz CT molecular complexity index is 1390. The number of benzene rings is 2. The lowest BCUT2D eigenvalue weighted by atomic mass is 9.94. The first-order valence-electron chi connectivity index (χ1n) is 12.0. The first-order chi connectivity index (χ1) is 18.3. The fraction of sp³-hybridized carbons (Fsp3) is 0.259. The smallest absolute Gasteiger partial charge is 0.409 e. The minimum Gasteiger partial charge on any atom is -0.449 e. The number of amides is 3. The summed E-state index contributed by atoms with van der Waals surface area (Å²) in [7, 11) is 0. The van der Waals surface area contributed by atoms with Gasteiger partial charge in [0.15, 0.2) is 0 Å². The molecule has 2 atom stereocenters. The van der Waals surface area contributed by atoms with Crippen molar-refractivity contribution in [3.05, 3.63) is 88.1 Å². The molecule has 198 valence electrons. The molecule has 1 saturated heterocycles. The van der Waals surface area contributed by atoms with Gasteiger partial charge in [0.05, 0.1) is 29.8 Å². The summed E-state index contributed by atoms with van der Waals surface area (Å²) in [4.78, 5) is 52.2. The third-order valence-electron chi connectivity index (χ3n) is 6.10. The van der Waals surface area contributed by atoms with Crippen LogP contribution in [0.2, 0.25) is 5.02 Å². The van der Waals surface area contributed by atoms with Gasteiger partial charge in [0.1, 0.15) is 5.82 Å². The molecule has 3 amide bonds. The highest BCUT2D eigenvalue weighted by atomic mass is 35.5. The maximum Gasteiger partial charge on any atom is 0.409 e. The number of carbonyl (C=O) groups excluding carboxylic acids is 3. The molecule has 1 fully saturated rings. The molecular formula is C27H26ClFN4O5. The van der Waals surface area contributed by atoms with Crippen molar-refractivity contribution in [3.8, 4) is 5.69 Å².